The molecule has 1 aromatic carbocycles. The Hall–Kier alpha value is -3.23. The first-order chi connectivity index (χ1) is 12.1. The minimum atomic E-state index is -0.940. The van der Waals surface area contributed by atoms with Crippen LogP contribution in [0.2, 0.25) is 0 Å². The summed E-state index contributed by atoms with van der Waals surface area (Å²) in [6, 6.07) is 5.40. The number of aromatic nitrogens is 2. The lowest BCUT2D eigenvalue weighted by Gasteiger charge is -2.15. The van der Waals surface area contributed by atoms with Crippen LogP contribution in [0.3, 0.4) is 0 Å². The van der Waals surface area contributed by atoms with Crippen molar-refractivity contribution in [2.24, 2.45) is 5.73 Å². The zero-order valence-corrected chi connectivity index (χ0v) is 13.5. The third-order valence-electron chi connectivity index (χ3n) is 4.39. The number of carbonyl (C=O) groups is 2. The second kappa shape index (κ2) is 5.69. The summed E-state index contributed by atoms with van der Waals surface area (Å²) in [5.41, 5.74) is 8.62. The zero-order valence-electron chi connectivity index (χ0n) is 13.5. The molecule has 0 saturated carbocycles. The maximum absolute atomic E-state index is 12.0. The average Bonchev–Trinajstić information content (AvgIpc) is 3.13. The van der Waals surface area contributed by atoms with Gasteiger partial charge in [-0.15, -0.1) is 0 Å². The number of H-pyrrole nitrogens is 1. The molecule has 0 unspecified atom stereocenters. The first-order valence-electron chi connectivity index (χ1n) is 7.88. The molecule has 9 heteroatoms. The third kappa shape index (κ3) is 2.44. The summed E-state index contributed by atoms with van der Waals surface area (Å²) in [4.78, 5) is 24.6. The summed E-state index contributed by atoms with van der Waals surface area (Å²) in [5, 5.41) is 10.4. The quantitative estimate of drug-likeness (QED) is 0.760. The van der Waals surface area contributed by atoms with Gasteiger partial charge < -0.3 is 20.5 Å². The molecule has 25 heavy (non-hydrogen) atoms. The Labute approximate surface area is 143 Å². The van der Waals surface area contributed by atoms with Gasteiger partial charge in [0.05, 0.1) is 24.5 Å². The molecule has 2 aliphatic heterocycles. The van der Waals surface area contributed by atoms with Gasteiger partial charge in [0.1, 0.15) is 5.75 Å². The third-order valence-corrected chi connectivity index (χ3v) is 4.39. The van der Waals surface area contributed by atoms with Crippen LogP contribution >= 0.6 is 0 Å². The van der Waals surface area contributed by atoms with Crippen LogP contribution in [0.1, 0.15) is 5.56 Å². The summed E-state index contributed by atoms with van der Waals surface area (Å²) < 4.78 is 10.8. The molecule has 2 aliphatic rings. The predicted octanol–water partition coefficient (Wildman–Crippen LogP) is 0.864. The van der Waals surface area contributed by atoms with Crippen molar-refractivity contribution in [2.75, 3.05) is 30.4 Å². The van der Waals surface area contributed by atoms with Gasteiger partial charge in [0.15, 0.2) is 11.9 Å². The van der Waals surface area contributed by atoms with Gasteiger partial charge in [-0.05, 0) is 12.1 Å². The highest BCUT2D eigenvalue weighted by atomic mass is 16.6. The smallest absolute Gasteiger partial charge is 0.415 e. The monoisotopic (exact) mass is 343 g/mol. The highest BCUT2D eigenvalue weighted by Gasteiger charge is 2.36. The molecule has 0 spiro atoms. The van der Waals surface area contributed by atoms with E-state index >= 15 is 0 Å². The number of primary amides is 1. The van der Waals surface area contributed by atoms with Crippen molar-refractivity contribution in [3.63, 3.8) is 0 Å². The average molecular weight is 343 g/mol. The number of fused-ring (bicyclic) bond motifs is 3. The van der Waals surface area contributed by atoms with E-state index in [1.54, 1.807) is 12.1 Å². The summed E-state index contributed by atoms with van der Waals surface area (Å²) in [5.74, 6) is 0.768. The summed E-state index contributed by atoms with van der Waals surface area (Å²) in [7, 11) is 1.82. The maximum Gasteiger partial charge on any atom is 0.415 e. The number of nitrogens with two attached hydrogens (primary N) is 1. The molecular weight excluding hydrogens is 326 g/mol. The van der Waals surface area contributed by atoms with Crippen LogP contribution in [0.5, 0.6) is 5.75 Å². The van der Waals surface area contributed by atoms with Gasteiger partial charge in [-0.2, -0.15) is 5.10 Å². The van der Waals surface area contributed by atoms with Crippen molar-refractivity contribution in [1.82, 2.24) is 10.2 Å². The lowest BCUT2D eigenvalue weighted by atomic mass is 10.0. The van der Waals surface area contributed by atoms with Gasteiger partial charge >= 0.3 is 6.09 Å². The Morgan fingerprint density at radius 1 is 1.48 bits per heavy atom. The number of hydrogen-bond donors (Lipinski definition) is 3. The molecule has 3 heterocycles. The number of hydrogen-bond acceptors (Lipinski definition) is 6. The number of ether oxygens (including phenoxy) is 2. The molecule has 130 valence electrons. The van der Waals surface area contributed by atoms with E-state index in [0.29, 0.717) is 24.5 Å². The van der Waals surface area contributed by atoms with Gasteiger partial charge in [0.25, 0.3) is 5.91 Å². The number of cyclic esters (lactones) is 1. The fraction of sp³-hybridized carbons (Fsp3) is 0.312. The predicted molar refractivity (Wildman–Crippen MR) is 89.6 cm³/mol. The van der Waals surface area contributed by atoms with E-state index < -0.39 is 18.1 Å². The number of nitrogens with one attached hydrogen (secondary N) is 2. The largest absolute Gasteiger partial charge is 0.492 e. The van der Waals surface area contributed by atoms with Crippen molar-refractivity contribution < 1.29 is 19.1 Å². The summed E-state index contributed by atoms with van der Waals surface area (Å²) in [6.45, 7) is 0.582. The van der Waals surface area contributed by atoms with Crippen LogP contribution in [0.15, 0.2) is 18.2 Å². The fourth-order valence-electron chi connectivity index (χ4n) is 3.13. The number of rotatable bonds is 3. The Morgan fingerprint density at radius 2 is 2.32 bits per heavy atom. The van der Waals surface area contributed by atoms with Crippen LogP contribution < -0.4 is 20.7 Å². The number of carbonyl (C=O) groups excluding carboxylic acids is 2. The Morgan fingerprint density at radius 3 is 3.04 bits per heavy atom. The molecule has 0 radical (unpaired) electrons. The Bertz CT molecular complexity index is 862. The number of amides is 2. The van der Waals surface area contributed by atoms with Gasteiger partial charge in [-0.25, -0.2) is 4.79 Å². The minimum absolute atomic E-state index is 0.0894. The number of nitrogens with zero attached hydrogens (tertiary/aromatic N) is 2. The first kappa shape index (κ1) is 15.3. The molecular formula is C16H17N5O4. The van der Waals surface area contributed by atoms with Gasteiger partial charge in [-0.1, -0.05) is 0 Å². The van der Waals surface area contributed by atoms with Crippen LogP contribution in [0.4, 0.5) is 16.3 Å². The van der Waals surface area contributed by atoms with Crippen LogP contribution in [-0.4, -0.2) is 48.5 Å². The number of aromatic amines is 1. The topological polar surface area (TPSA) is 123 Å². The number of benzene rings is 1. The van der Waals surface area contributed by atoms with Crippen molar-refractivity contribution in [2.45, 2.75) is 12.5 Å². The highest BCUT2D eigenvalue weighted by Crippen LogP contribution is 2.39. The van der Waals surface area contributed by atoms with E-state index in [-0.39, 0.29) is 6.54 Å². The zero-order chi connectivity index (χ0) is 17.6. The molecule has 2 amide bonds. The van der Waals surface area contributed by atoms with E-state index in [4.69, 9.17) is 15.2 Å². The van der Waals surface area contributed by atoms with Crippen LogP contribution in [0, 0.1) is 0 Å². The molecule has 4 rings (SSSR count). The molecule has 1 aromatic heterocycles. The van der Waals surface area contributed by atoms with Gasteiger partial charge in [-0.3, -0.25) is 14.8 Å². The van der Waals surface area contributed by atoms with Crippen molar-refractivity contribution >= 4 is 23.5 Å². The molecule has 9 nitrogen and oxygen atoms in total. The van der Waals surface area contributed by atoms with Crippen molar-refractivity contribution in [3.05, 3.63) is 23.8 Å². The standard InChI is InChI=1S/C16H17N5O4/c1-18-15-10-4-5-24-11-6-8(2-3-9(11)13(10)19-20-15)21-7-12(14(17)22)25-16(21)23/h2-3,6,12H,4-5,7H2,1H3,(H2,17,22)(H2,18,19,20)/t12-/m1/s1. The number of anilines is 2. The second-order valence-corrected chi connectivity index (χ2v) is 5.84. The molecule has 1 atom stereocenters. The summed E-state index contributed by atoms with van der Waals surface area (Å²) in [6.07, 6.45) is -0.830. The molecule has 4 N–H and O–H groups in total. The van der Waals surface area contributed by atoms with Crippen LogP contribution in [0.25, 0.3) is 11.3 Å². The van der Waals surface area contributed by atoms with E-state index in [2.05, 4.69) is 15.5 Å². The Balaban J connectivity index is 1.70. The Kier molecular flexibility index (Phi) is 3.48. The van der Waals surface area contributed by atoms with E-state index in [0.717, 1.165) is 22.6 Å². The lowest BCUT2D eigenvalue weighted by molar-refractivity contribution is -0.124. The normalized spacial score (nSPS) is 18.7. The van der Waals surface area contributed by atoms with Crippen molar-refractivity contribution in [3.8, 4) is 17.0 Å². The first-order valence-corrected chi connectivity index (χ1v) is 7.88. The van der Waals surface area contributed by atoms with E-state index in [1.807, 2.05) is 13.1 Å². The molecule has 1 saturated heterocycles. The fourth-order valence-corrected chi connectivity index (χ4v) is 3.13. The minimum Gasteiger partial charge on any atom is -0.492 e. The van der Waals surface area contributed by atoms with Crippen molar-refractivity contribution in [1.29, 1.82) is 0 Å². The van der Waals surface area contributed by atoms with Gasteiger partial charge in [0.2, 0.25) is 0 Å². The van der Waals surface area contributed by atoms with E-state index in [9.17, 15) is 9.59 Å². The maximum atomic E-state index is 12.0. The lowest BCUT2D eigenvalue weighted by Crippen LogP contribution is -2.32. The molecule has 2 aromatic rings. The molecule has 0 aliphatic carbocycles. The molecule has 0 bridgehead atoms. The molecule has 1 fully saturated rings. The SMILES string of the molecule is CNc1n[nH]c2c1CCOc1cc(N3C[C@H](C(N)=O)OC3=O)ccc1-2. The van der Waals surface area contributed by atoms with E-state index in [1.165, 1.54) is 4.90 Å². The van der Waals surface area contributed by atoms with Gasteiger partial charge in [0, 0.05) is 30.7 Å². The highest BCUT2D eigenvalue weighted by molar-refractivity contribution is 5.95. The summed E-state index contributed by atoms with van der Waals surface area (Å²) >= 11 is 0. The van der Waals surface area contributed by atoms with Crippen LogP contribution in [-0.2, 0) is 16.0 Å². The second-order valence-electron chi connectivity index (χ2n) is 5.84.